The van der Waals surface area contributed by atoms with Crippen LogP contribution in [0.3, 0.4) is 0 Å². The van der Waals surface area contributed by atoms with Crippen LogP contribution in [0.2, 0.25) is 0 Å². The van der Waals surface area contributed by atoms with Crippen molar-refractivity contribution >= 4 is 25.4 Å². The zero-order valence-electron chi connectivity index (χ0n) is 18.7. The number of aliphatic hydroxyl groups excluding tert-OH is 1. The average molecular weight is 547 g/mol. The van der Waals surface area contributed by atoms with Crippen molar-refractivity contribution in [2.45, 2.75) is 6.10 Å². The highest BCUT2D eigenvalue weighted by Crippen LogP contribution is 1.94. The van der Waals surface area contributed by atoms with E-state index < -0.39 is 31.3 Å². The highest BCUT2D eigenvalue weighted by atomic mass is 32.1. The highest BCUT2D eigenvalue weighted by molar-refractivity contribution is 7.59. The van der Waals surface area contributed by atoms with Crippen molar-refractivity contribution in [2.24, 2.45) is 0 Å². The molecule has 0 aliphatic heterocycles. The summed E-state index contributed by atoms with van der Waals surface area (Å²) in [5.74, 6) is 53.1. The number of terminal acetylenes is 2. The minimum Gasteiger partial charge on any atom is -0.452 e. The summed E-state index contributed by atoms with van der Waals surface area (Å²) in [6.07, 6.45) is 8.66. The SMILES string of the molecule is C#CC#CC#CC#CC#CC#CC#CC(=O)OC[C@H](CO)OC(=O)C#CC#CC#CC#CC#CC#C.S.[HH].[HH].[HH].[HH].[HH].[HH].[HH].[HH].[HH].[HH].[HH].[HH].[HH].[HH].[HH].[HH].[HH].[HH].[HH].[HH].[HH].[HH].[HH].[HH].[HH].[HH]. The maximum Gasteiger partial charge on any atom is 0.385 e. The molecular formula is C31H62O5S. The number of aliphatic hydroxyl groups is 1. The van der Waals surface area contributed by atoms with Gasteiger partial charge in [0.25, 0.3) is 0 Å². The summed E-state index contributed by atoms with van der Waals surface area (Å²) in [7, 11) is 0. The van der Waals surface area contributed by atoms with Gasteiger partial charge in [-0.1, -0.05) is 0 Å². The fourth-order valence-electron chi connectivity index (χ4n) is 1.25. The van der Waals surface area contributed by atoms with E-state index in [9.17, 15) is 14.7 Å². The first-order valence-corrected chi connectivity index (χ1v) is 9.05. The van der Waals surface area contributed by atoms with E-state index in [0.717, 1.165) is 0 Å². The third kappa shape index (κ3) is 24.0. The molecule has 0 bridgehead atoms. The van der Waals surface area contributed by atoms with Crippen LogP contribution >= 0.6 is 13.5 Å². The Bertz CT molecular complexity index is 1730. The summed E-state index contributed by atoms with van der Waals surface area (Å²) in [6, 6.07) is 0. The molecule has 5 nitrogen and oxygen atoms in total. The van der Waals surface area contributed by atoms with E-state index in [4.69, 9.17) is 22.3 Å². The Balaban J connectivity index is -0.0000000175. The lowest BCUT2D eigenvalue weighted by Crippen LogP contribution is -2.27. The monoisotopic (exact) mass is 546 g/mol. The van der Waals surface area contributed by atoms with Gasteiger partial charge in [-0.2, -0.15) is 13.5 Å². The first-order chi connectivity index (χ1) is 17.6. The van der Waals surface area contributed by atoms with E-state index in [1.54, 1.807) is 0 Å². The topological polar surface area (TPSA) is 72.8 Å². The van der Waals surface area contributed by atoms with Gasteiger partial charge in [-0.3, -0.25) is 0 Å². The van der Waals surface area contributed by atoms with E-state index >= 15 is 0 Å². The minimum absolute atomic E-state index is 0. The fraction of sp³-hybridized carbons (Fsp3) is 0.0968. The molecule has 37 heavy (non-hydrogen) atoms. The quantitative estimate of drug-likeness (QED) is 0.296. The van der Waals surface area contributed by atoms with Crippen LogP contribution in [0.25, 0.3) is 0 Å². The Morgan fingerprint density at radius 3 is 1.27 bits per heavy atom. The molecule has 1 atom stereocenters. The number of carbonyl (C=O) groups is 2. The van der Waals surface area contributed by atoms with Gasteiger partial charge in [0.1, 0.15) is 6.61 Å². The molecule has 0 heterocycles. The third-order valence-electron chi connectivity index (χ3n) is 2.48. The molecule has 0 fully saturated rings. The molecule has 0 amide bonds. The lowest BCUT2D eigenvalue weighted by Gasteiger charge is -2.12. The van der Waals surface area contributed by atoms with Gasteiger partial charge in [0.05, 0.1) is 6.61 Å². The summed E-state index contributed by atoms with van der Waals surface area (Å²) in [4.78, 5) is 23.1. The lowest BCUT2D eigenvalue weighted by atomic mass is 10.4. The number of esters is 2. The van der Waals surface area contributed by atoms with Gasteiger partial charge in [-0.05, 0) is 130 Å². The van der Waals surface area contributed by atoms with Gasteiger partial charge < -0.3 is 14.6 Å². The second-order valence-corrected chi connectivity index (χ2v) is 4.85. The van der Waals surface area contributed by atoms with E-state index in [-0.39, 0.29) is 50.6 Å². The van der Waals surface area contributed by atoms with Crippen molar-refractivity contribution in [1.29, 1.82) is 0 Å². The molecule has 0 aliphatic carbocycles. The van der Waals surface area contributed by atoms with Crippen LogP contribution < -0.4 is 0 Å². The van der Waals surface area contributed by atoms with E-state index in [2.05, 4.69) is 142 Å². The van der Waals surface area contributed by atoms with Crippen LogP contribution in [0.15, 0.2) is 0 Å². The standard InChI is InChI=1S/C31H8O5.H2S.26H2/c1-3-5-7-9-11-13-15-16-18-19-21-23-25-30(33)35-28-29(27-32)36-31(34)26-24-22-20-17-14-12-10-8-6-4-2;;;;;;;;;;;;;;;;;;;;;;;;;;;/h1-2,29,32H,27-28H2;1H2;26*1H/t29-;;;;;;;;;;;;;;;;;;;;;;;;;;;/m0.........................../s1. The van der Waals surface area contributed by atoms with Gasteiger partial charge >= 0.3 is 11.9 Å². The van der Waals surface area contributed by atoms with Crippen LogP contribution in [0.5, 0.6) is 0 Å². The molecule has 0 aromatic carbocycles. The summed E-state index contributed by atoms with van der Waals surface area (Å²) in [5.41, 5.74) is 0. The predicted molar refractivity (Wildman–Crippen MR) is 196 cm³/mol. The van der Waals surface area contributed by atoms with Crippen LogP contribution in [-0.4, -0.2) is 36.4 Å². The normalized spacial score (nSPS) is 6.35. The Labute approximate surface area is 262 Å². The number of carbonyl (C=O) groups excluding carboxylic acids is 2. The molecule has 6 heteroatoms. The summed E-state index contributed by atoms with van der Waals surface area (Å²) >= 11 is 0. The third-order valence-corrected chi connectivity index (χ3v) is 2.48. The second kappa shape index (κ2) is 25.8. The van der Waals surface area contributed by atoms with Gasteiger partial charge in [-0.15, -0.1) is 12.8 Å². The maximum atomic E-state index is 11.6. The molecular weight excluding hydrogens is 484 g/mol. The zero-order valence-corrected chi connectivity index (χ0v) is 19.7. The first-order valence-electron chi connectivity index (χ1n) is 9.05. The maximum absolute atomic E-state index is 11.6. The highest BCUT2D eigenvalue weighted by Gasteiger charge is 2.14. The Kier molecular flexibility index (Phi) is 22.8. The molecule has 0 saturated heterocycles. The van der Waals surface area contributed by atoms with Crippen molar-refractivity contribution in [2.75, 3.05) is 13.2 Å². The van der Waals surface area contributed by atoms with Crippen molar-refractivity contribution < 1.29 is 61.3 Å². The molecule has 0 radical (unpaired) electrons. The minimum atomic E-state index is -1.15. The number of rotatable bonds is 4. The fourth-order valence-corrected chi connectivity index (χ4v) is 1.25. The van der Waals surface area contributed by atoms with Gasteiger partial charge in [0, 0.05) is 48.9 Å². The molecule has 1 N–H and O–H groups in total. The summed E-state index contributed by atoms with van der Waals surface area (Å²) in [6.45, 7) is -1.07. The number of ether oxygens (including phenoxy) is 2. The van der Waals surface area contributed by atoms with E-state index in [1.807, 2.05) is 0 Å². The van der Waals surface area contributed by atoms with Crippen LogP contribution in [0, 0.1) is 155 Å². The van der Waals surface area contributed by atoms with Crippen LogP contribution in [-0.2, 0) is 19.1 Å². The Hall–Kier alpha value is -6.47. The van der Waals surface area contributed by atoms with Gasteiger partial charge in [0.15, 0.2) is 6.10 Å². The Morgan fingerprint density at radius 2 is 0.919 bits per heavy atom. The summed E-state index contributed by atoms with van der Waals surface area (Å²) < 4.78 is 9.58. The predicted octanol–water partition coefficient (Wildman–Crippen LogP) is 5.25. The molecule has 0 unspecified atom stereocenters. The van der Waals surface area contributed by atoms with Crippen molar-refractivity contribution in [3.05, 3.63) is 0 Å². The van der Waals surface area contributed by atoms with E-state index in [1.165, 1.54) is 0 Å². The van der Waals surface area contributed by atoms with Crippen molar-refractivity contribution in [3.63, 3.8) is 0 Å². The van der Waals surface area contributed by atoms with Crippen molar-refractivity contribution in [3.8, 4) is 155 Å². The summed E-state index contributed by atoms with van der Waals surface area (Å²) in [5, 5.41) is 9.22. The van der Waals surface area contributed by atoms with Gasteiger partial charge in [0.2, 0.25) is 0 Å². The van der Waals surface area contributed by atoms with Crippen LogP contribution in [0.1, 0.15) is 37.1 Å². The lowest BCUT2D eigenvalue weighted by molar-refractivity contribution is -0.153. The molecule has 0 spiro atoms. The first kappa shape index (κ1) is 32.7. The van der Waals surface area contributed by atoms with Crippen molar-refractivity contribution in [1.82, 2.24) is 0 Å². The molecule has 0 aromatic rings. The molecule has 0 aliphatic rings. The number of hydrogen-bond donors (Lipinski definition) is 1. The molecule has 0 aromatic heterocycles. The van der Waals surface area contributed by atoms with Gasteiger partial charge in [-0.25, -0.2) is 9.59 Å². The number of hydrogen-bond acceptors (Lipinski definition) is 5. The smallest absolute Gasteiger partial charge is 0.385 e. The Morgan fingerprint density at radius 1 is 0.595 bits per heavy atom. The average Bonchev–Trinajstić information content (AvgIpc) is 2.88. The second-order valence-electron chi connectivity index (χ2n) is 4.85. The molecule has 222 valence electrons. The zero-order chi connectivity index (χ0) is 26.5. The molecule has 0 saturated carbocycles. The van der Waals surface area contributed by atoms with Crippen LogP contribution in [0.4, 0.5) is 0 Å². The van der Waals surface area contributed by atoms with E-state index in [0.29, 0.717) is 0 Å². The molecule has 0 rings (SSSR count). The largest absolute Gasteiger partial charge is 0.452 e.